The summed E-state index contributed by atoms with van der Waals surface area (Å²) in [7, 11) is 0. The lowest BCUT2D eigenvalue weighted by molar-refractivity contribution is -0.119. The average Bonchev–Trinajstić information content (AvgIpc) is 1.97. The molecule has 0 spiro atoms. The standard InChI is InChI=1S/C8H14N2O/c1-2-3-4-5-6-7(9)8(10)11/h7H,4-6,9H2,1H3,(H2,10,11)/t7-/m1/s1. The van der Waals surface area contributed by atoms with Crippen molar-refractivity contribution in [1.29, 1.82) is 0 Å². The molecule has 0 aromatic rings. The predicted molar refractivity (Wildman–Crippen MR) is 44.5 cm³/mol. The van der Waals surface area contributed by atoms with E-state index in [4.69, 9.17) is 11.5 Å². The molecule has 0 aliphatic rings. The van der Waals surface area contributed by atoms with E-state index in [0.717, 1.165) is 12.8 Å². The lowest BCUT2D eigenvalue weighted by Crippen LogP contribution is -2.36. The molecule has 0 fully saturated rings. The van der Waals surface area contributed by atoms with Crippen LogP contribution in [-0.4, -0.2) is 11.9 Å². The fourth-order valence-corrected chi connectivity index (χ4v) is 0.678. The van der Waals surface area contributed by atoms with Gasteiger partial charge in [-0.15, -0.1) is 11.8 Å². The zero-order chi connectivity index (χ0) is 8.69. The Bertz CT molecular complexity index is 178. The highest BCUT2D eigenvalue weighted by Crippen LogP contribution is 1.96. The molecule has 0 saturated heterocycles. The van der Waals surface area contributed by atoms with Gasteiger partial charge in [-0.1, -0.05) is 0 Å². The molecule has 0 aliphatic carbocycles. The van der Waals surface area contributed by atoms with Gasteiger partial charge in [0.25, 0.3) is 0 Å². The van der Waals surface area contributed by atoms with E-state index >= 15 is 0 Å². The molecule has 0 aliphatic heterocycles. The maximum atomic E-state index is 10.4. The van der Waals surface area contributed by atoms with Crippen molar-refractivity contribution < 1.29 is 4.79 Å². The molecule has 1 amide bonds. The Morgan fingerprint density at radius 3 is 2.73 bits per heavy atom. The van der Waals surface area contributed by atoms with Gasteiger partial charge in [-0.3, -0.25) is 4.79 Å². The maximum Gasteiger partial charge on any atom is 0.234 e. The van der Waals surface area contributed by atoms with Crippen LogP contribution in [0.25, 0.3) is 0 Å². The topological polar surface area (TPSA) is 69.1 Å². The largest absolute Gasteiger partial charge is 0.368 e. The van der Waals surface area contributed by atoms with Gasteiger partial charge in [0.2, 0.25) is 5.91 Å². The van der Waals surface area contributed by atoms with E-state index in [1.54, 1.807) is 6.92 Å². The number of carbonyl (C=O) groups excluding carboxylic acids is 1. The molecule has 0 rings (SSSR count). The first-order chi connectivity index (χ1) is 5.18. The SMILES string of the molecule is CC#CCCC[C@@H](N)C(N)=O. The van der Waals surface area contributed by atoms with Crippen LogP contribution >= 0.6 is 0 Å². The third-order valence-corrected chi connectivity index (χ3v) is 1.36. The van der Waals surface area contributed by atoms with Crippen LogP contribution in [0.4, 0.5) is 0 Å². The van der Waals surface area contributed by atoms with Crippen LogP contribution in [-0.2, 0) is 4.79 Å². The van der Waals surface area contributed by atoms with Crippen LogP contribution in [0.3, 0.4) is 0 Å². The van der Waals surface area contributed by atoms with Crippen molar-refractivity contribution in [2.75, 3.05) is 0 Å². The molecule has 1 atom stereocenters. The van der Waals surface area contributed by atoms with Gasteiger partial charge in [-0.2, -0.15) is 0 Å². The Hall–Kier alpha value is -1.01. The van der Waals surface area contributed by atoms with E-state index in [1.807, 2.05) is 0 Å². The molecule has 0 saturated carbocycles. The Balaban J connectivity index is 3.36. The minimum absolute atomic E-state index is 0.436. The average molecular weight is 154 g/mol. The van der Waals surface area contributed by atoms with Crippen molar-refractivity contribution in [3.05, 3.63) is 0 Å². The lowest BCUT2D eigenvalue weighted by atomic mass is 10.1. The second-order valence-corrected chi connectivity index (χ2v) is 2.33. The van der Waals surface area contributed by atoms with E-state index in [0.29, 0.717) is 6.42 Å². The van der Waals surface area contributed by atoms with E-state index in [-0.39, 0.29) is 0 Å². The highest BCUT2D eigenvalue weighted by atomic mass is 16.1. The van der Waals surface area contributed by atoms with Gasteiger partial charge in [-0.05, 0) is 19.8 Å². The smallest absolute Gasteiger partial charge is 0.234 e. The number of primary amides is 1. The van der Waals surface area contributed by atoms with Crippen LogP contribution in [0.5, 0.6) is 0 Å². The first-order valence-corrected chi connectivity index (χ1v) is 3.63. The highest BCUT2D eigenvalue weighted by molar-refractivity contribution is 5.79. The van der Waals surface area contributed by atoms with Gasteiger partial charge < -0.3 is 11.5 Å². The predicted octanol–water partition coefficient (Wildman–Crippen LogP) is -0.00740. The Kier molecular flexibility index (Phi) is 5.22. The summed E-state index contributed by atoms with van der Waals surface area (Å²) in [6.45, 7) is 1.79. The molecule has 0 unspecified atom stereocenters. The fraction of sp³-hybridized carbons (Fsp3) is 0.625. The van der Waals surface area contributed by atoms with Gasteiger partial charge in [0.05, 0.1) is 6.04 Å². The van der Waals surface area contributed by atoms with Crippen molar-refractivity contribution in [2.24, 2.45) is 11.5 Å². The van der Waals surface area contributed by atoms with Crippen molar-refractivity contribution >= 4 is 5.91 Å². The lowest BCUT2D eigenvalue weighted by Gasteiger charge is -2.03. The molecule has 62 valence electrons. The second kappa shape index (κ2) is 5.75. The Morgan fingerprint density at radius 2 is 2.27 bits per heavy atom. The fourth-order valence-electron chi connectivity index (χ4n) is 0.678. The van der Waals surface area contributed by atoms with Crippen molar-refractivity contribution in [1.82, 2.24) is 0 Å². The zero-order valence-corrected chi connectivity index (χ0v) is 6.76. The third-order valence-electron chi connectivity index (χ3n) is 1.36. The Morgan fingerprint density at radius 1 is 1.64 bits per heavy atom. The van der Waals surface area contributed by atoms with E-state index in [2.05, 4.69) is 11.8 Å². The monoisotopic (exact) mass is 154 g/mol. The zero-order valence-electron chi connectivity index (χ0n) is 6.76. The summed E-state index contributed by atoms with van der Waals surface area (Å²) in [5.74, 6) is 5.21. The summed E-state index contributed by atoms with van der Waals surface area (Å²) < 4.78 is 0. The van der Waals surface area contributed by atoms with Gasteiger partial charge in [0.1, 0.15) is 0 Å². The summed E-state index contributed by atoms with van der Waals surface area (Å²) in [6, 6.07) is -0.506. The summed E-state index contributed by atoms with van der Waals surface area (Å²) in [5, 5.41) is 0. The number of nitrogens with two attached hydrogens (primary N) is 2. The molecular weight excluding hydrogens is 140 g/mol. The molecule has 3 nitrogen and oxygen atoms in total. The van der Waals surface area contributed by atoms with Gasteiger partial charge >= 0.3 is 0 Å². The minimum Gasteiger partial charge on any atom is -0.368 e. The van der Waals surface area contributed by atoms with E-state index in [1.165, 1.54) is 0 Å². The van der Waals surface area contributed by atoms with Crippen LogP contribution in [0.1, 0.15) is 26.2 Å². The normalized spacial score (nSPS) is 11.5. The van der Waals surface area contributed by atoms with Crippen molar-refractivity contribution in [3.8, 4) is 11.8 Å². The molecular formula is C8H14N2O. The molecule has 0 heterocycles. The number of unbranched alkanes of at least 4 members (excludes halogenated alkanes) is 1. The van der Waals surface area contributed by atoms with Gasteiger partial charge in [0.15, 0.2) is 0 Å². The van der Waals surface area contributed by atoms with Crippen LogP contribution in [0.2, 0.25) is 0 Å². The number of carbonyl (C=O) groups is 1. The van der Waals surface area contributed by atoms with Crippen molar-refractivity contribution in [2.45, 2.75) is 32.2 Å². The molecule has 0 bridgehead atoms. The summed E-state index contributed by atoms with van der Waals surface area (Å²) in [4.78, 5) is 10.4. The number of rotatable bonds is 4. The minimum atomic E-state index is -0.506. The van der Waals surface area contributed by atoms with Gasteiger partial charge in [-0.25, -0.2) is 0 Å². The molecule has 11 heavy (non-hydrogen) atoms. The molecule has 0 aromatic heterocycles. The number of amides is 1. The van der Waals surface area contributed by atoms with Crippen molar-refractivity contribution in [3.63, 3.8) is 0 Å². The Labute approximate surface area is 67.1 Å². The number of hydrogen-bond donors (Lipinski definition) is 2. The highest BCUT2D eigenvalue weighted by Gasteiger charge is 2.06. The third kappa shape index (κ3) is 5.43. The van der Waals surface area contributed by atoms with Gasteiger partial charge in [0, 0.05) is 6.42 Å². The molecule has 0 radical (unpaired) electrons. The molecule has 4 N–H and O–H groups in total. The first-order valence-electron chi connectivity index (χ1n) is 3.63. The van der Waals surface area contributed by atoms with E-state index < -0.39 is 11.9 Å². The molecule has 3 heteroatoms. The van der Waals surface area contributed by atoms with E-state index in [9.17, 15) is 4.79 Å². The first kappa shape index (κ1) is 9.99. The maximum absolute atomic E-state index is 10.4. The summed E-state index contributed by atoms with van der Waals surface area (Å²) >= 11 is 0. The quantitative estimate of drug-likeness (QED) is 0.442. The number of hydrogen-bond acceptors (Lipinski definition) is 2. The van der Waals surface area contributed by atoms with Crippen LogP contribution in [0.15, 0.2) is 0 Å². The van der Waals surface area contributed by atoms with Crippen LogP contribution < -0.4 is 11.5 Å². The summed E-state index contributed by atoms with van der Waals surface area (Å²) in [5.41, 5.74) is 10.3. The second-order valence-electron chi connectivity index (χ2n) is 2.33. The molecule has 0 aromatic carbocycles. The summed E-state index contributed by atoms with van der Waals surface area (Å²) in [6.07, 6.45) is 2.26. The van der Waals surface area contributed by atoms with Crippen LogP contribution in [0, 0.1) is 11.8 Å².